The largest absolute Gasteiger partial charge is 0.311 e. The first-order valence-corrected chi connectivity index (χ1v) is 5.74. The van der Waals surface area contributed by atoms with E-state index in [2.05, 4.69) is 24.9 Å². The minimum absolute atomic E-state index is 0.558. The summed E-state index contributed by atoms with van der Waals surface area (Å²) in [4.78, 5) is 0. The van der Waals surface area contributed by atoms with Gasteiger partial charge in [0.15, 0.2) is 0 Å². The van der Waals surface area contributed by atoms with Crippen LogP contribution in [0.3, 0.4) is 0 Å². The quantitative estimate of drug-likeness (QED) is 0.519. The molecule has 1 N–H and O–H groups in total. The minimum Gasteiger partial charge on any atom is -0.311 e. The van der Waals surface area contributed by atoms with Gasteiger partial charge in [0, 0.05) is 6.04 Å². The number of hydrogen-bond acceptors (Lipinski definition) is 1. The molecule has 76 valence electrons. The Kier molecular flexibility index (Phi) is 5.14. The Morgan fingerprint density at radius 1 is 1.31 bits per heavy atom. The van der Waals surface area contributed by atoms with Crippen LogP contribution in [0.5, 0.6) is 0 Å². The molecule has 1 rings (SSSR count). The second-order valence-corrected chi connectivity index (χ2v) is 4.07. The highest BCUT2D eigenvalue weighted by atomic mass is 14.9. The zero-order valence-corrected chi connectivity index (χ0v) is 8.89. The molecule has 1 aliphatic rings. The Labute approximate surface area is 82.6 Å². The highest BCUT2D eigenvalue weighted by Gasteiger charge is 2.18. The zero-order valence-electron chi connectivity index (χ0n) is 8.89. The van der Waals surface area contributed by atoms with Gasteiger partial charge in [0.1, 0.15) is 0 Å². The fraction of sp³-hybridized carbons (Fsp3) is 0.833. The van der Waals surface area contributed by atoms with Crippen molar-refractivity contribution in [3.63, 3.8) is 0 Å². The van der Waals surface area contributed by atoms with Gasteiger partial charge >= 0.3 is 0 Å². The molecule has 0 spiro atoms. The molecule has 0 bridgehead atoms. The molecule has 13 heavy (non-hydrogen) atoms. The topological polar surface area (TPSA) is 12.0 Å². The minimum atomic E-state index is 0.558. The maximum Gasteiger partial charge on any atom is 0.0275 e. The number of likely N-dealkylation sites (N-methyl/N-ethyl adjacent to an activating group) is 1. The number of rotatable bonds is 4. The summed E-state index contributed by atoms with van der Waals surface area (Å²) in [6, 6.07) is 0.558. The van der Waals surface area contributed by atoms with Crippen LogP contribution in [-0.4, -0.2) is 12.6 Å². The van der Waals surface area contributed by atoms with Crippen molar-refractivity contribution in [3.05, 3.63) is 12.7 Å². The second-order valence-electron chi connectivity index (χ2n) is 4.07. The molecule has 0 aromatic carbocycles. The third kappa shape index (κ3) is 3.51. The van der Waals surface area contributed by atoms with Gasteiger partial charge in [-0.25, -0.2) is 0 Å². The first-order chi connectivity index (χ1) is 6.38. The van der Waals surface area contributed by atoms with E-state index in [1.165, 1.54) is 38.5 Å². The highest BCUT2D eigenvalue weighted by Crippen LogP contribution is 2.25. The SMILES string of the molecule is C=CC(NCC)C1CCCCCC1. The summed E-state index contributed by atoms with van der Waals surface area (Å²) >= 11 is 0. The standard InChI is InChI=1S/C12H23N/c1-3-12(13-4-2)11-9-7-5-6-8-10-11/h3,11-13H,1,4-10H2,2H3. The zero-order chi connectivity index (χ0) is 9.52. The van der Waals surface area contributed by atoms with Crippen LogP contribution in [0.15, 0.2) is 12.7 Å². The lowest BCUT2D eigenvalue weighted by atomic mass is 9.92. The summed E-state index contributed by atoms with van der Waals surface area (Å²) in [7, 11) is 0. The summed E-state index contributed by atoms with van der Waals surface area (Å²) in [5.74, 6) is 0.847. The molecule has 1 atom stereocenters. The van der Waals surface area contributed by atoms with E-state index in [1.807, 2.05) is 0 Å². The van der Waals surface area contributed by atoms with Crippen LogP contribution in [0.1, 0.15) is 45.4 Å². The Morgan fingerprint density at radius 3 is 2.38 bits per heavy atom. The van der Waals surface area contributed by atoms with Crippen LogP contribution in [-0.2, 0) is 0 Å². The van der Waals surface area contributed by atoms with Gasteiger partial charge in [-0.3, -0.25) is 0 Å². The van der Waals surface area contributed by atoms with Crippen molar-refractivity contribution in [2.24, 2.45) is 5.92 Å². The summed E-state index contributed by atoms with van der Waals surface area (Å²) in [6.07, 6.45) is 10.6. The fourth-order valence-electron chi connectivity index (χ4n) is 2.35. The Hall–Kier alpha value is -0.300. The van der Waals surface area contributed by atoms with Gasteiger partial charge in [-0.05, 0) is 25.3 Å². The van der Waals surface area contributed by atoms with Gasteiger partial charge in [0.25, 0.3) is 0 Å². The van der Waals surface area contributed by atoms with Crippen molar-refractivity contribution in [3.8, 4) is 0 Å². The second kappa shape index (κ2) is 6.20. The molecule has 1 heteroatoms. The Morgan fingerprint density at radius 2 is 1.92 bits per heavy atom. The van der Waals surface area contributed by atoms with Gasteiger partial charge in [-0.1, -0.05) is 38.7 Å². The molecule has 1 unspecified atom stereocenters. The van der Waals surface area contributed by atoms with E-state index in [-0.39, 0.29) is 0 Å². The maximum absolute atomic E-state index is 3.92. The van der Waals surface area contributed by atoms with E-state index in [4.69, 9.17) is 0 Å². The number of hydrogen-bond donors (Lipinski definition) is 1. The first kappa shape index (κ1) is 10.8. The molecular formula is C12H23N. The fourth-order valence-corrected chi connectivity index (χ4v) is 2.35. The summed E-state index contributed by atoms with van der Waals surface area (Å²) in [5.41, 5.74) is 0. The van der Waals surface area contributed by atoms with Crippen molar-refractivity contribution in [2.75, 3.05) is 6.54 Å². The van der Waals surface area contributed by atoms with E-state index in [0.717, 1.165) is 12.5 Å². The summed E-state index contributed by atoms with van der Waals surface area (Å²) in [6.45, 7) is 7.16. The third-order valence-corrected chi connectivity index (χ3v) is 3.10. The van der Waals surface area contributed by atoms with Crippen LogP contribution in [0.25, 0.3) is 0 Å². The molecule has 0 aromatic heterocycles. The number of nitrogens with one attached hydrogen (secondary N) is 1. The molecule has 0 aromatic rings. The summed E-state index contributed by atoms with van der Waals surface area (Å²) < 4.78 is 0. The van der Waals surface area contributed by atoms with E-state index in [1.54, 1.807) is 0 Å². The molecule has 1 saturated carbocycles. The van der Waals surface area contributed by atoms with Crippen LogP contribution >= 0.6 is 0 Å². The van der Waals surface area contributed by atoms with Gasteiger partial charge in [-0.15, -0.1) is 6.58 Å². The molecule has 0 radical (unpaired) electrons. The van der Waals surface area contributed by atoms with Crippen molar-refractivity contribution < 1.29 is 0 Å². The lowest BCUT2D eigenvalue weighted by Gasteiger charge is -2.23. The lowest BCUT2D eigenvalue weighted by molar-refractivity contribution is 0.370. The van der Waals surface area contributed by atoms with Crippen LogP contribution in [0.4, 0.5) is 0 Å². The van der Waals surface area contributed by atoms with Gasteiger partial charge < -0.3 is 5.32 Å². The van der Waals surface area contributed by atoms with Crippen molar-refractivity contribution in [1.82, 2.24) is 5.32 Å². The average molecular weight is 181 g/mol. The third-order valence-electron chi connectivity index (χ3n) is 3.10. The lowest BCUT2D eigenvalue weighted by Crippen LogP contribution is -2.34. The maximum atomic E-state index is 3.92. The molecule has 0 heterocycles. The normalized spacial score (nSPS) is 22.2. The van der Waals surface area contributed by atoms with Gasteiger partial charge in [0.05, 0.1) is 0 Å². The smallest absolute Gasteiger partial charge is 0.0275 e. The van der Waals surface area contributed by atoms with Crippen molar-refractivity contribution >= 4 is 0 Å². The molecule has 0 aliphatic heterocycles. The average Bonchev–Trinajstić information content (AvgIpc) is 2.42. The predicted octanol–water partition coefficient (Wildman–Crippen LogP) is 3.12. The van der Waals surface area contributed by atoms with Crippen LogP contribution < -0.4 is 5.32 Å². The predicted molar refractivity (Wildman–Crippen MR) is 58.9 cm³/mol. The molecule has 0 amide bonds. The first-order valence-electron chi connectivity index (χ1n) is 5.74. The van der Waals surface area contributed by atoms with E-state index >= 15 is 0 Å². The molecule has 0 saturated heterocycles. The van der Waals surface area contributed by atoms with Crippen LogP contribution in [0, 0.1) is 5.92 Å². The monoisotopic (exact) mass is 181 g/mol. The highest BCUT2D eigenvalue weighted by molar-refractivity contribution is 4.91. The van der Waals surface area contributed by atoms with Crippen LogP contribution in [0.2, 0.25) is 0 Å². The molecule has 1 nitrogen and oxygen atoms in total. The molecule has 1 aliphatic carbocycles. The molecule has 1 fully saturated rings. The van der Waals surface area contributed by atoms with E-state index < -0.39 is 0 Å². The molecular weight excluding hydrogens is 158 g/mol. The Bertz CT molecular complexity index is 134. The Balaban J connectivity index is 2.39. The summed E-state index contributed by atoms with van der Waals surface area (Å²) in [5, 5.41) is 3.51. The van der Waals surface area contributed by atoms with Crippen molar-refractivity contribution in [1.29, 1.82) is 0 Å². The van der Waals surface area contributed by atoms with E-state index in [0.29, 0.717) is 6.04 Å². The van der Waals surface area contributed by atoms with Gasteiger partial charge in [-0.2, -0.15) is 0 Å². The van der Waals surface area contributed by atoms with E-state index in [9.17, 15) is 0 Å². The van der Waals surface area contributed by atoms with Crippen molar-refractivity contribution in [2.45, 2.75) is 51.5 Å². The van der Waals surface area contributed by atoms with Gasteiger partial charge in [0.2, 0.25) is 0 Å².